The highest BCUT2D eigenvalue weighted by atomic mass is 16.4. The van der Waals surface area contributed by atoms with E-state index in [1.54, 1.807) is 0 Å². The average molecular weight is 267 g/mol. The molecule has 2 fully saturated rings. The Morgan fingerprint density at radius 1 is 1.26 bits per heavy atom. The van der Waals surface area contributed by atoms with Gasteiger partial charge in [-0.25, -0.2) is 0 Å². The minimum atomic E-state index is -0.777. The van der Waals surface area contributed by atoms with Gasteiger partial charge in [0, 0.05) is 19.5 Å². The van der Waals surface area contributed by atoms with E-state index < -0.39 is 11.4 Å². The highest BCUT2D eigenvalue weighted by molar-refractivity contribution is 5.85. The average Bonchev–Trinajstić information content (AvgIpc) is 3.05. The summed E-state index contributed by atoms with van der Waals surface area (Å²) in [6.07, 6.45) is 6.80. The van der Waals surface area contributed by atoms with Gasteiger partial charge in [0.15, 0.2) is 0 Å². The standard InChI is InChI=1S/C15H25NO3/c1-2-9-16(11-12-5-6-12)13(17)10-15(14(18)19)7-3-4-8-15/h12H,2-11H2,1H3,(H,18,19). The molecule has 108 valence electrons. The maximum atomic E-state index is 12.4. The lowest BCUT2D eigenvalue weighted by molar-refractivity contribution is -0.153. The van der Waals surface area contributed by atoms with Crippen LogP contribution < -0.4 is 0 Å². The molecular formula is C15H25NO3. The van der Waals surface area contributed by atoms with E-state index in [0.29, 0.717) is 18.8 Å². The van der Waals surface area contributed by atoms with Crippen LogP contribution in [-0.2, 0) is 9.59 Å². The second-order valence-corrected chi connectivity index (χ2v) is 6.25. The molecule has 2 aliphatic carbocycles. The van der Waals surface area contributed by atoms with E-state index in [9.17, 15) is 14.7 Å². The molecule has 0 heterocycles. The van der Waals surface area contributed by atoms with E-state index in [1.807, 2.05) is 4.90 Å². The van der Waals surface area contributed by atoms with E-state index in [0.717, 1.165) is 32.4 Å². The zero-order valence-corrected chi connectivity index (χ0v) is 11.9. The van der Waals surface area contributed by atoms with Crippen molar-refractivity contribution >= 4 is 11.9 Å². The van der Waals surface area contributed by atoms with Crippen LogP contribution in [0.3, 0.4) is 0 Å². The zero-order chi connectivity index (χ0) is 13.9. The molecular weight excluding hydrogens is 242 g/mol. The van der Waals surface area contributed by atoms with Crippen molar-refractivity contribution in [3.05, 3.63) is 0 Å². The minimum absolute atomic E-state index is 0.0538. The minimum Gasteiger partial charge on any atom is -0.481 e. The fourth-order valence-corrected chi connectivity index (χ4v) is 3.12. The number of aliphatic carboxylic acids is 1. The number of carboxylic acid groups (broad SMARTS) is 1. The molecule has 2 aliphatic rings. The molecule has 0 aliphatic heterocycles. The fourth-order valence-electron chi connectivity index (χ4n) is 3.12. The van der Waals surface area contributed by atoms with Gasteiger partial charge in [-0.3, -0.25) is 9.59 Å². The zero-order valence-electron chi connectivity index (χ0n) is 11.9. The lowest BCUT2D eigenvalue weighted by Gasteiger charge is -2.28. The normalized spacial score (nSPS) is 21.3. The van der Waals surface area contributed by atoms with E-state index in [2.05, 4.69) is 6.92 Å². The van der Waals surface area contributed by atoms with Gasteiger partial charge in [0.1, 0.15) is 0 Å². The van der Waals surface area contributed by atoms with Gasteiger partial charge >= 0.3 is 5.97 Å². The molecule has 0 atom stereocenters. The molecule has 2 saturated carbocycles. The molecule has 0 aromatic rings. The van der Waals surface area contributed by atoms with Crippen LogP contribution in [0.4, 0.5) is 0 Å². The van der Waals surface area contributed by atoms with Gasteiger partial charge in [-0.15, -0.1) is 0 Å². The molecule has 0 unspecified atom stereocenters. The summed E-state index contributed by atoms with van der Waals surface area (Å²) in [6, 6.07) is 0. The predicted molar refractivity (Wildman–Crippen MR) is 72.7 cm³/mol. The van der Waals surface area contributed by atoms with Crippen molar-refractivity contribution in [2.75, 3.05) is 13.1 Å². The van der Waals surface area contributed by atoms with Crippen LogP contribution in [0.1, 0.15) is 58.3 Å². The second kappa shape index (κ2) is 5.93. The van der Waals surface area contributed by atoms with Crippen molar-refractivity contribution in [1.82, 2.24) is 4.90 Å². The second-order valence-electron chi connectivity index (χ2n) is 6.25. The van der Waals surface area contributed by atoms with Crippen LogP contribution in [-0.4, -0.2) is 35.0 Å². The summed E-state index contributed by atoms with van der Waals surface area (Å²) in [5, 5.41) is 9.45. The van der Waals surface area contributed by atoms with Gasteiger partial charge in [0.25, 0.3) is 0 Å². The van der Waals surface area contributed by atoms with E-state index in [-0.39, 0.29) is 12.3 Å². The third kappa shape index (κ3) is 3.48. The van der Waals surface area contributed by atoms with Crippen LogP contribution in [0, 0.1) is 11.3 Å². The maximum Gasteiger partial charge on any atom is 0.310 e. The number of carbonyl (C=O) groups is 2. The third-order valence-corrected chi connectivity index (χ3v) is 4.53. The summed E-state index contributed by atoms with van der Waals surface area (Å²) in [4.78, 5) is 25.8. The Morgan fingerprint density at radius 3 is 2.37 bits per heavy atom. The van der Waals surface area contributed by atoms with Gasteiger partial charge in [-0.05, 0) is 38.0 Å². The van der Waals surface area contributed by atoms with Crippen molar-refractivity contribution in [1.29, 1.82) is 0 Å². The smallest absolute Gasteiger partial charge is 0.310 e. The van der Waals surface area contributed by atoms with Crippen molar-refractivity contribution < 1.29 is 14.7 Å². The molecule has 4 heteroatoms. The Balaban J connectivity index is 1.97. The summed E-state index contributed by atoms with van der Waals surface area (Å²) >= 11 is 0. The topological polar surface area (TPSA) is 57.6 Å². The summed E-state index contributed by atoms with van der Waals surface area (Å²) < 4.78 is 0. The molecule has 1 N–H and O–H groups in total. The number of hydrogen-bond donors (Lipinski definition) is 1. The first-order chi connectivity index (χ1) is 9.07. The highest BCUT2D eigenvalue weighted by Crippen LogP contribution is 2.42. The SMILES string of the molecule is CCCN(CC1CC1)C(=O)CC1(C(=O)O)CCCC1. The molecule has 0 bridgehead atoms. The van der Waals surface area contributed by atoms with E-state index in [4.69, 9.17) is 0 Å². The van der Waals surface area contributed by atoms with E-state index >= 15 is 0 Å². The van der Waals surface area contributed by atoms with Gasteiger partial charge in [-0.2, -0.15) is 0 Å². The van der Waals surface area contributed by atoms with Crippen molar-refractivity contribution in [2.45, 2.75) is 58.3 Å². The lowest BCUT2D eigenvalue weighted by atomic mass is 9.82. The molecule has 4 nitrogen and oxygen atoms in total. The number of nitrogens with zero attached hydrogens (tertiary/aromatic N) is 1. The molecule has 2 rings (SSSR count). The number of carboxylic acids is 1. The summed E-state index contributed by atoms with van der Waals surface area (Å²) in [5.74, 6) is -0.0564. The lowest BCUT2D eigenvalue weighted by Crippen LogP contribution is -2.39. The van der Waals surface area contributed by atoms with Gasteiger partial charge in [-0.1, -0.05) is 19.8 Å². The quantitative estimate of drug-likeness (QED) is 0.771. The maximum absolute atomic E-state index is 12.4. The first-order valence-corrected chi connectivity index (χ1v) is 7.58. The molecule has 0 radical (unpaired) electrons. The van der Waals surface area contributed by atoms with Crippen LogP contribution in [0.2, 0.25) is 0 Å². The predicted octanol–water partition coefficient (Wildman–Crippen LogP) is 2.67. The molecule has 19 heavy (non-hydrogen) atoms. The molecule has 1 amide bonds. The Bertz CT molecular complexity index is 343. The monoisotopic (exact) mass is 267 g/mol. The first-order valence-electron chi connectivity index (χ1n) is 7.58. The summed E-state index contributed by atoms with van der Waals surface area (Å²) in [5.41, 5.74) is -0.771. The van der Waals surface area contributed by atoms with Crippen LogP contribution in [0.25, 0.3) is 0 Å². The fraction of sp³-hybridized carbons (Fsp3) is 0.867. The van der Waals surface area contributed by atoms with Crippen LogP contribution >= 0.6 is 0 Å². The Labute approximate surface area is 115 Å². The van der Waals surface area contributed by atoms with Crippen molar-refractivity contribution in [3.63, 3.8) is 0 Å². The van der Waals surface area contributed by atoms with Crippen molar-refractivity contribution in [3.8, 4) is 0 Å². The molecule has 0 aromatic heterocycles. The summed E-state index contributed by atoms with van der Waals surface area (Å²) in [7, 11) is 0. The number of rotatable bonds is 7. The Hall–Kier alpha value is -1.06. The third-order valence-electron chi connectivity index (χ3n) is 4.53. The van der Waals surface area contributed by atoms with Crippen molar-refractivity contribution in [2.24, 2.45) is 11.3 Å². The first kappa shape index (κ1) is 14.4. The van der Waals surface area contributed by atoms with Gasteiger partial charge in [0.2, 0.25) is 5.91 Å². The van der Waals surface area contributed by atoms with E-state index in [1.165, 1.54) is 12.8 Å². The number of amides is 1. The largest absolute Gasteiger partial charge is 0.481 e. The van der Waals surface area contributed by atoms with Gasteiger partial charge < -0.3 is 10.0 Å². The van der Waals surface area contributed by atoms with Crippen LogP contribution in [0.5, 0.6) is 0 Å². The molecule has 0 spiro atoms. The molecule has 0 saturated heterocycles. The summed E-state index contributed by atoms with van der Waals surface area (Å²) in [6.45, 7) is 3.67. The number of hydrogen-bond acceptors (Lipinski definition) is 2. The Morgan fingerprint density at radius 2 is 1.89 bits per heavy atom. The van der Waals surface area contributed by atoms with Crippen LogP contribution in [0.15, 0.2) is 0 Å². The molecule has 0 aromatic carbocycles. The van der Waals surface area contributed by atoms with Gasteiger partial charge in [0.05, 0.1) is 5.41 Å². The highest BCUT2D eigenvalue weighted by Gasteiger charge is 2.44. The Kier molecular flexibility index (Phi) is 4.48. The number of carbonyl (C=O) groups excluding carboxylic acids is 1.